The van der Waals surface area contributed by atoms with Gasteiger partial charge in [-0.05, 0) is 156 Å². The Hall–Kier alpha value is -9.16. The summed E-state index contributed by atoms with van der Waals surface area (Å²) in [6, 6.07) is 93.2. The minimum Gasteiger partial charge on any atom is -0.309 e. The lowest BCUT2D eigenvalue weighted by Gasteiger charge is -2.26. The molecule has 2 aromatic heterocycles. The third kappa shape index (κ3) is 9.51. The summed E-state index contributed by atoms with van der Waals surface area (Å²) in [5.74, 6) is 0. The molecular formula is C74H60N4S. The summed E-state index contributed by atoms with van der Waals surface area (Å²) in [7, 11) is 0. The van der Waals surface area contributed by atoms with Crippen molar-refractivity contribution in [2.24, 2.45) is 0 Å². The first-order chi connectivity index (χ1) is 38.4. The van der Waals surface area contributed by atoms with E-state index in [2.05, 4.69) is 306 Å². The van der Waals surface area contributed by atoms with Gasteiger partial charge in [-0.2, -0.15) is 8.75 Å². The zero-order valence-electron chi connectivity index (χ0n) is 45.4. The molecule has 0 N–H and O–H groups in total. The second-order valence-corrected chi connectivity index (χ2v) is 23.4. The summed E-state index contributed by atoms with van der Waals surface area (Å²) < 4.78 is 12.3. The van der Waals surface area contributed by atoms with Crippen LogP contribution in [0.25, 0.3) is 105 Å². The average Bonchev–Trinajstić information content (AvgIpc) is 4.29. The summed E-state index contributed by atoms with van der Waals surface area (Å²) in [5, 5.41) is 2.42. The zero-order chi connectivity index (χ0) is 53.8. The van der Waals surface area contributed by atoms with Gasteiger partial charge >= 0.3 is 0 Å². The first-order valence-electron chi connectivity index (χ1n) is 27.3. The van der Waals surface area contributed by atoms with Crippen molar-refractivity contribution in [1.82, 2.24) is 13.3 Å². The Morgan fingerprint density at radius 3 is 1.16 bits per heavy atom. The maximum atomic E-state index is 4.97. The van der Waals surface area contributed by atoms with Crippen molar-refractivity contribution in [3.8, 4) is 72.4 Å². The standard InChI is InChI=1S/C74H60N4S/c1-73(2,3)60-35-25-52(26-36-60)50-17-21-55(22-18-50)58-33-44-68-66(47-58)67-48-59(56-23-19-51(20-24-56)53-27-37-61(38-28-53)74(4,5)6)34-45-69(67)78(68)64-41-31-57(32-42-64)65-43-46-70(72-71(65)75-79-76-72)77(62-15-11-8-12-16-62)63-39-29-54(30-40-63)49-13-9-7-10-14-49/h7-48H,1-6H3. The van der Waals surface area contributed by atoms with Gasteiger partial charge in [-0.15, -0.1) is 0 Å². The van der Waals surface area contributed by atoms with Crippen LogP contribution in [0.3, 0.4) is 0 Å². The van der Waals surface area contributed by atoms with E-state index >= 15 is 0 Å². The predicted octanol–water partition coefficient (Wildman–Crippen LogP) is 20.9. The molecule has 0 saturated carbocycles. The van der Waals surface area contributed by atoms with Crippen LogP contribution in [0.4, 0.5) is 17.1 Å². The van der Waals surface area contributed by atoms with E-state index < -0.39 is 0 Å². The summed E-state index contributed by atoms with van der Waals surface area (Å²) in [6.45, 7) is 13.6. The molecule has 13 aromatic rings. The van der Waals surface area contributed by atoms with Gasteiger partial charge in [-0.3, -0.25) is 0 Å². The van der Waals surface area contributed by atoms with Gasteiger partial charge < -0.3 is 9.47 Å². The number of aromatic nitrogens is 3. The molecule has 2 heterocycles. The van der Waals surface area contributed by atoms with E-state index in [9.17, 15) is 0 Å². The van der Waals surface area contributed by atoms with Crippen LogP contribution in [0, 0.1) is 0 Å². The quantitative estimate of drug-likeness (QED) is 0.137. The molecule has 0 bridgehead atoms. The van der Waals surface area contributed by atoms with Gasteiger partial charge in [0.2, 0.25) is 0 Å². The van der Waals surface area contributed by atoms with Crippen molar-refractivity contribution in [2.75, 3.05) is 4.90 Å². The SMILES string of the molecule is CC(C)(C)c1ccc(-c2ccc(-c3ccc4c(c3)c3cc(-c5ccc(-c6ccc(C(C)(C)C)cc6)cc5)ccc3n4-c3ccc(-c4ccc(N(c5ccccc5)c5ccc(-c6ccccc6)cc5)c5nsnc45)cc3)cc2)cc1. The molecule has 5 heteroatoms. The topological polar surface area (TPSA) is 34.0 Å². The van der Waals surface area contributed by atoms with Gasteiger partial charge in [-0.1, -0.05) is 224 Å². The number of para-hydroxylation sites is 1. The number of nitrogens with zero attached hydrogens (tertiary/aromatic N) is 4. The van der Waals surface area contributed by atoms with Crippen molar-refractivity contribution in [3.63, 3.8) is 0 Å². The molecule has 0 radical (unpaired) electrons. The first kappa shape index (κ1) is 49.4. The van der Waals surface area contributed by atoms with E-state index in [1.54, 1.807) is 0 Å². The van der Waals surface area contributed by atoms with Gasteiger partial charge in [0.1, 0.15) is 11.0 Å². The van der Waals surface area contributed by atoms with Crippen molar-refractivity contribution in [1.29, 1.82) is 0 Å². The number of fused-ring (bicyclic) bond motifs is 4. The second-order valence-electron chi connectivity index (χ2n) is 22.8. The highest BCUT2D eigenvalue weighted by molar-refractivity contribution is 7.00. The highest BCUT2D eigenvalue weighted by Crippen LogP contribution is 2.43. The number of benzene rings is 11. The average molecular weight is 1040 g/mol. The van der Waals surface area contributed by atoms with Crippen LogP contribution >= 0.6 is 11.7 Å². The summed E-state index contributed by atoms with van der Waals surface area (Å²) in [5.41, 5.74) is 25.2. The molecule has 0 saturated heterocycles. The minimum atomic E-state index is 0.114. The second kappa shape index (κ2) is 20.0. The van der Waals surface area contributed by atoms with E-state index in [1.165, 1.54) is 89.3 Å². The molecule has 11 aromatic carbocycles. The van der Waals surface area contributed by atoms with Crippen LogP contribution in [-0.2, 0) is 10.8 Å². The molecule has 0 aliphatic carbocycles. The Morgan fingerprint density at radius 1 is 0.329 bits per heavy atom. The molecule has 0 atom stereocenters. The normalized spacial score (nSPS) is 11.9. The Kier molecular flexibility index (Phi) is 12.5. The fourth-order valence-corrected chi connectivity index (χ4v) is 11.8. The monoisotopic (exact) mass is 1040 g/mol. The van der Waals surface area contributed by atoms with Crippen LogP contribution in [0.15, 0.2) is 255 Å². The first-order valence-corrected chi connectivity index (χ1v) is 28.0. The van der Waals surface area contributed by atoms with Crippen LogP contribution in [0.5, 0.6) is 0 Å². The van der Waals surface area contributed by atoms with E-state index in [-0.39, 0.29) is 10.8 Å². The van der Waals surface area contributed by atoms with E-state index in [0.717, 1.165) is 55.9 Å². The van der Waals surface area contributed by atoms with Gasteiger partial charge in [0.05, 0.1) is 28.4 Å². The summed E-state index contributed by atoms with van der Waals surface area (Å²) in [6.07, 6.45) is 0. The van der Waals surface area contributed by atoms with Crippen LogP contribution in [-0.4, -0.2) is 13.3 Å². The lowest BCUT2D eigenvalue weighted by molar-refractivity contribution is 0.590. The number of rotatable bonds is 10. The molecule has 4 nitrogen and oxygen atoms in total. The minimum absolute atomic E-state index is 0.114. The molecule has 0 amide bonds. The molecule has 0 spiro atoms. The largest absolute Gasteiger partial charge is 0.309 e. The molecule has 79 heavy (non-hydrogen) atoms. The third-order valence-electron chi connectivity index (χ3n) is 15.7. The number of hydrogen-bond donors (Lipinski definition) is 0. The fraction of sp³-hybridized carbons (Fsp3) is 0.108. The predicted molar refractivity (Wildman–Crippen MR) is 336 cm³/mol. The lowest BCUT2D eigenvalue weighted by atomic mass is 9.86. The van der Waals surface area contributed by atoms with E-state index in [1.807, 2.05) is 0 Å². The van der Waals surface area contributed by atoms with Gasteiger partial charge in [0, 0.05) is 33.4 Å². The van der Waals surface area contributed by atoms with Crippen LogP contribution < -0.4 is 4.90 Å². The van der Waals surface area contributed by atoms with Crippen molar-refractivity contribution < 1.29 is 0 Å². The maximum Gasteiger partial charge on any atom is 0.129 e. The molecule has 0 aliphatic rings. The van der Waals surface area contributed by atoms with Crippen LogP contribution in [0.1, 0.15) is 52.7 Å². The zero-order valence-corrected chi connectivity index (χ0v) is 46.3. The van der Waals surface area contributed by atoms with Gasteiger partial charge in [0.25, 0.3) is 0 Å². The smallest absolute Gasteiger partial charge is 0.129 e. The van der Waals surface area contributed by atoms with Crippen molar-refractivity contribution >= 4 is 61.6 Å². The van der Waals surface area contributed by atoms with Crippen molar-refractivity contribution in [2.45, 2.75) is 52.4 Å². The molecule has 0 unspecified atom stereocenters. The van der Waals surface area contributed by atoms with Crippen LogP contribution in [0.2, 0.25) is 0 Å². The highest BCUT2D eigenvalue weighted by Gasteiger charge is 2.22. The van der Waals surface area contributed by atoms with E-state index in [4.69, 9.17) is 8.75 Å². The Balaban J connectivity index is 0.866. The molecule has 13 rings (SSSR count). The molecule has 0 aliphatic heterocycles. The summed E-state index contributed by atoms with van der Waals surface area (Å²) in [4.78, 5) is 2.29. The number of anilines is 3. The summed E-state index contributed by atoms with van der Waals surface area (Å²) >= 11 is 1.26. The maximum absolute atomic E-state index is 4.97. The molecule has 382 valence electrons. The van der Waals surface area contributed by atoms with Crippen molar-refractivity contribution in [3.05, 3.63) is 266 Å². The Labute approximate surface area is 467 Å². The lowest BCUT2D eigenvalue weighted by Crippen LogP contribution is -2.10. The van der Waals surface area contributed by atoms with E-state index in [0.29, 0.717) is 0 Å². The third-order valence-corrected chi connectivity index (χ3v) is 16.2. The molecule has 0 fully saturated rings. The molecular weight excluding hydrogens is 977 g/mol. The van der Waals surface area contributed by atoms with Gasteiger partial charge in [0.15, 0.2) is 0 Å². The fourth-order valence-electron chi connectivity index (χ4n) is 11.2. The Morgan fingerprint density at radius 2 is 0.696 bits per heavy atom. The Bertz CT molecular complexity index is 4140. The highest BCUT2D eigenvalue weighted by atomic mass is 32.1. The van der Waals surface area contributed by atoms with Gasteiger partial charge in [-0.25, -0.2) is 0 Å². The number of hydrogen-bond acceptors (Lipinski definition) is 4.